The molecule has 3 rings (SSSR count). The third-order valence-electron chi connectivity index (χ3n) is 4.53. The summed E-state index contributed by atoms with van der Waals surface area (Å²) in [5, 5.41) is 25.4. The van der Waals surface area contributed by atoms with Gasteiger partial charge in [-0.3, -0.25) is 4.79 Å². The third kappa shape index (κ3) is 4.27. The van der Waals surface area contributed by atoms with Crippen molar-refractivity contribution in [3.8, 4) is 0 Å². The molecule has 0 amide bonds. The number of nitrogens with zero attached hydrogens (tertiary/aromatic N) is 2. The molecule has 0 saturated carbocycles. The fourth-order valence-corrected chi connectivity index (χ4v) is 2.99. The molecule has 0 aliphatic carbocycles. The summed E-state index contributed by atoms with van der Waals surface area (Å²) < 4.78 is 45.3. The van der Waals surface area contributed by atoms with Crippen molar-refractivity contribution in [3.05, 3.63) is 81.5 Å². The lowest BCUT2D eigenvalue weighted by molar-refractivity contribution is -0.647. The Balaban J connectivity index is 2.24. The molecule has 0 atom stereocenters. The first-order valence-corrected chi connectivity index (χ1v) is 9.33. The minimum absolute atomic E-state index is 0.122. The second kappa shape index (κ2) is 8.58. The van der Waals surface area contributed by atoms with Crippen LogP contribution in [0.3, 0.4) is 0 Å². The van der Waals surface area contributed by atoms with Crippen LogP contribution in [-0.2, 0) is 10.9 Å². The molecule has 1 heterocycles. The van der Waals surface area contributed by atoms with E-state index in [9.17, 15) is 33.2 Å². The quantitative estimate of drug-likeness (QED) is 0.195. The van der Waals surface area contributed by atoms with Crippen LogP contribution in [0.5, 0.6) is 0 Å². The van der Waals surface area contributed by atoms with Gasteiger partial charge in [-0.1, -0.05) is 43.7 Å². The molecule has 31 heavy (non-hydrogen) atoms. The van der Waals surface area contributed by atoms with Crippen LogP contribution in [-0.4, -0.2) is 18.4 Å². The number of rotatable bonds is 6. The minimum atomic E-state index is -5.28. The zero-order valence-electron chi connectivity index (χ0n) is 16.3. The van der Waals surface area contributed by atoms with Gasteiger partial charge in [-0.05, 0) is 12.5 Å². The van der Waals surface area contributed by atoms with E-state index < -0.39 is 45.1 Å². The van der Waals surface area contributed by atoms with E-state index in [1.807, 2.05) is 6.92 Å². The normalized spacial score (nSPS) is 11.5. The Morgan fingerprint density at radius 3 is 2.26 bits per heavy atom. The zero-order valence-corrected chi connectivity index (χ0v) is 16.3. The summed E-state index contributed by atoms with van der Waals surface area (Å²) in [7, 11) is 0. The van der Waals surface area contributed by atoms with Gasteiger partial charge in [0.25, 0.3) is 16.8 Å². The van der Waals surface area contributed by atoms with Gasteiger partial charge in [0.05, 0.1) is 12.2 Å². The highest BCUT2D eigenvalue weighted by molar-refractivity contribution is 6.07. The Kier molecular flexibility index (Phi) is 6.09. The second-order valence-electron chi connectivity index (χ2n) is 6.67. The smallest absolute Gasteiger partial charge is 0.486 e. The Bertz CT molecular complexity index is 1150. The molecular formula is C21H17F3N2O5. The number of fused-ring (bicyclic) bond motifs is 1. The summed E-state index contributed by atoms with van der Waals surface area (Å²) in [5.74, 6) is -2.08. The molecule has 0 aliphatic heterocycles. The van der Waals surface area contributed by atoms with Gasteiger partial charge in [0.15, 0.2) is 0 Å². The summed E-state index contributed by atoms with van der Waals surface area (Å²) in [5.41, 5.74) is -4.85. The molecule has 7 nitrogen and oxygen atoms in total. The lowest BCUT2D eigenvalue weighted by atomic mass is 10.1. The largest absolute Gasteiger partial charge is 0.618 e. The van der Waals surface area contributed by atoms with Crippen molar-refractivity contribution in [1.82, 2.24) is 0 Å². The topological polar surface area (TPSA) is 97.2 Å². The first-order chi connectivity index (χ1) is 14.7. The Morgan fingerprint density at radius 2 is 1.65 bits per heavy atom. The molecule has 0 N–H and O–H groups in total. The number of unbranched alkanes of at least 4 members (excludes halogenated alkanes) is 1. The average molecular weight is 434 g/mol. The van der Waals surface area contributed by atoms with Crippen molar-refractivity contribution in [2.75, 3.05) is 6.61 Å². The van der Waals surface area contributed by atoms with Crippen LogP contribution in [0, 0.1) is 10.4 Å². The first kappa shape index (κ1) is 22.0. The molecule has 0 fully saturated rings. The SMILES string of the molecule is CCCCOC(=O)c1ccc2c(c1)[n+]([O-])c(C(=O)c1ccccc1)c(C(F)(F)F)[n+]2[O-]. The molecule has 0 spiro atoms. The van der Waals surface area contributed by atoms with Crippen molar-refractivity contribution in [2.45, 2.75) is 25.9 Å². The molecule has 3 aromatic rings. The number of hydrogen-bond acceptors (Lipinski definition) is 5. The average Bonchev–Trinajstić information content (AvgIpc) is 2.75. The van der Waals surface area contributed by atoms with Gasteiger partial charge in [-0.25, -0.2) is 4.79 Å². The predicted octanol–water partition coefficient (Wildman–Crippen LogP) is 3.31. The summed E-state index contributed by atoms with van der Waals surface area (Å²) in [6.45, 7) is 2.01. The Morgan fingerprint density at radius 1 is 0.968 bits per heavy atom. The number of halogens is 3. The standard InChI is InChI=1S/C21H17F3N2O5/c1-2-3-11-31-20(28)14-9-10-15-16(12-14)25(29)17(19(26(15)30)21(22,23)24)18(27)13-7-5-4-6-8-13/h4-10,12H,2-3,11H2,1H3. The highest BCUT2D eigenvalue weighted by Crippen LogP contribution is 2.30. The highest BCUT2D eigenvalue weighted by atomic mass is 19.4. The van der Waals surface area contributed by atoms with Crippen molar-refractivity contribution >= 4 is 22.8 Å². The third-order valence-corrected chi connectivity index (χ3v) is 4.53. The maximum Gasteiger partial charge on any atom is 0.486 e. The number of ether oxygens (including phenoxy) is 1. The Hall–Kier alpha value is -3.69. The fourth-order valence-electron chi connectivity index (χ4n) is 2.99. The van der Waals surface area contributed by atoms with Gasteiger partial charge >= 0.3 is 23.5 Å². The minimum Gasteiger partial charge on any atom is -0.618 e. The van der Waals surface area contributed by atoms with Crippen LogP contribution in [0.25, 0.3) is 11.0 Å². The maximum atomic E-state index is 13.7. The van der Waals surface area contributed by atoms with E-state index >= 15 is 0 Å². The summed E-state index contributed by atoms with van der Waals surface area (Å²) in [6, 6.07) is 9.75. The van der Waals surface area contributed by atoms with Crippen LogP contribution in [0.2, 0.25) is 0 Å². The molecule has 0 radical (unpaired) electrons. The van der Waals surface area contributed by atoms with Gasteiger partial charge in [-0.2, -0.15) is 17.9 Å². The van der Waals surface area contributed by atoms with Gasteiger partial charge in [0, 0.05) is 17.7 Å². The molecule has 1 aromatic heterocycles. The van der Waals surface area contributed by atoms with E-state index in [0.717, 1.165) is 24.6 Å². The number of aromatic nitrogens is 2. The van der Waals surface area contributed by atoms with Crippen LogP contribution < -0.4 is 9.46 Å². The molecule has 0 bridgehead atoms. The fraction of sp³-hybridized carbons (Fsp3) is 0.238. The monoisotopic (exact) mass is 434 g/mol. The van der Waals surface area contributed by atoms with Gasteiger partial charge in [0.1, 0.15) is 0 Å². The molecule has 0 aliphatic rings. The first-order valence-electron chi connectivity index (χ1n) is 9.33. The van der Waals surface area contributed by atoms with E-state index in [-0.39, 0.29) is 22.5 Å². The van der Waals surface area contributed by atoms with Crippen molar-refractivity contribution in [3.63, 3.8) is 0 Å². The predicted molar refractivity (Wildman–Crippen MR) is 102 cm³/mol. The molecule has 0 saturated heterocycles. The summed E-state index contributed by atoms with van der Waals surface area (Å²) in [6.07, 6.45) is -3.90. The lowest BCUT2D eigenvalue weighted by Crippen LogP contribution is -2.50. The lowest BCUT2D eigenvalue weighted by Gasteiger charge is -2.14. The molecule has 162 valence electrons. The van der Waals surface area contributed by atoms with Gasteiger partial charge < -0.3 is 15.2 Å². The number of esters is 1. The van der Waals surface area contributed by atoms with E-state index in [4.69, 9.17) is 4.74 Å². The van der Waals surface area contributed by atoms with E-state index in [0.29, 0.717) is 6.42 Å². The maximum absolute atomic E-state index is 13.7. The number of carbonyl (C=O) groups is 2. The van der Waals surface area contributed by atoms with Crippen molar-refractivity contribution in [1.29, 1.82) is 0 Å². The van der Waals surface area contributed by atoms with E-state index in [2.05, 4.69) is 0 Å². The number of benzene rings is 2. The van der Waals surface area contributed by atoms with E-state index in [1.54, 1.807) is 0 Å². The summed E-state index contributed by atoms with van der Waals surface area (Å²) in [4.78, 5) is 24.9. The Labute approximate surface area is 174 Å². The number of alkyl halides is 3. The second-order valence-corrected chi connectivity index (χ2v) is 6.67. The number of ketones is 1. The van der Waals surface area contributed by atoms with Crippen LogP contribution in [0.15, 0.2) is 48.5 Å². The van der Waals surface area contributed by atoms with E-state index in [1.165, 1.54) is 30.3 Å². The highest BCUT2D eigenvalue weighted by Gasteiger charge is 2.51. The molecular weight excluding hydrogens is 417 g/mol. The van der Waals surface area contributed by atoms with Gasteiger partial charge in [-0.15, -0.1) is 4.73 Å². The molecule has 10 heteroatoms. The van der Waals surface area contributed by atoms with Crippen molar-refractivity contribution in [2.24, 2.45) is 0 Å². The number of hydrogen-bond donors (Lipinski definition) is 0. The van der Waals surface area contributed by atoms with Crippen LogP contribution in [0.1, 0.15) is 51.9 Å². The summed E-state index contributed by atoms with van der Waals surface area (Å²) >= 11 is 0. The number of carbonyl (C=O) groups excluding carboxylic acids is 2. The van der Waals surface area contributed by atoms with Crippen LogP contribution in [0.4, 0.5) is 13.2 Å². The van der Waals surface area contributed by atoms with Crippen LogP contribution >= 0.6 is 0 Å². The van der Waals surface area contributed by atoms with Gasteiger partial charge in [0.2, 0.25) is 0 Å². The molecule has 0 unspecified atom stereocenters. The zero-order chi connectivity index (χ0) is 22.8. The molecule has 2 aromatic carbocycles. The van der Waals surface area contributed by atoms with Crippen molar-refractivity contribution < 1.29 is 37.0 Å².